The number of carbonyl (C=O) groups excluding carboxylic acids is 2. The van der Waals surface area contributed by atoms with Gasteiger partial charge in [-0.15, -0.1) is 12.4 Å². The van der Waals surface area contributed by atoms with E-state index >= 15 is 0 Å². The van der Waals surface area contributed by atoms with E-state index < -0.39 is 11.3 Å². The van der Waals surface area contributed by atoms with Crippen molar-refractivity contribution in [1.82, 2.24) is 5.32 Å². The molecule has 5 N–H and O–H groups in total. The SMILES string of the molecule is CC(C)(CNC(=O)c1ccc(Br)cc1N)C(N)=O.Cl. The van der Waals surface area contributed by atoms with Gasteiger partial charge in [0.05, 0.1) is 11.0 Å². The Balaban J connectivity index is 0.00000324. The van der Waals surface area contributed by atoms with E-state index in [-0.39, 0.29) is 24.9 Å². The minimum Gasteiger partial charge on any atom is -0.398 e. The second-order valence-corrected chi connectivity index (χ2v) is 5.58. The zero-order valence-electron chi connectivity index (χ0n) is 10.7. The van der Waals surface area contributed by atoms with E-state index in [0.29, 0.717) is 11.3 Å². The summed E-state index contributed by atoms with van der Waals surface area (Å²) < 4.78 is 0.800. The van der Waals surface area contributed by atoms with E-state index in [0.717, 1.165) is 4.47 Å². The lowest BCUT2D eigenvalue weighted by Crippen LogP contribution is -2.42. The molecule has 1 aromatic carbocycles. The maximum absolute atomic E-state index is 11.9. The monoisotopic (exact) mass is 349 g/mol. The highest BCUT2D eigenvalue weighted by atomic mass is 79.9. The topological polar surface area (TPSA) is 98.2 Å². The van der Waals surface area contributed by atoms with Crippen LogP contribution in [0.1, 0.15) is 24.2 Å². The van der Waals surface area contributed by atoms with Crippen molar-refractivity contribution in [3.8, 4) is 0 Å². The molecule has 1 rings (SSSR count). The second kappa shape index (κ2) is 6.77. The Bertz CT molecular complexity index is 492. The number of hydrogen-bond acceptors (Lipinski definition) is 3. The quantitative estimate of drug-likeness (QED) is 0.721. The fourth-order valence-corrected chi connectivity index (χ4v) is 1.60. The molecule has 0 saturated carbocycles. The molecule has 7 heteroatoms. The van der Waals surface area contributed by atoms with Crippen molar-refractivity contribution in [3.05, 3.63) is 28.2 Å². The van der Waals surface area contributed by atoms with Crippen molar-refractivity contribution >= 4 is 45.8 Å². The molecule has 2 amide bonds. The van der Waals surface area contributed by atoms with E-state index in [1.54, 1.807) is 32.0 Å². The van der Waals surface area contributed by atoms with Gasteiger partial charge >= 0.3 is 0 Å². The third-order valence-electron chi connectivity index (χ3n) is 2.62. The molecule has 0 fully saturated rings. The van der Waals surface area contributed by atoms with Crippen molar-refractivity contribution in [2.75, 3.05) is 12.3 Å². The number of nitrogen functional groups attached to an aromatic ring is 1. The zero-order valence-corrected chi connectivity index (χ0v) is 13.1. The van der Waals surface area contributed by atoms with Crippen molar-refractivity contribution < 1.29 is 9.59 Å². The molecular formula is C12H17BrClN3O2. The summed E-state index contributed by atoms with van der Waals surface area (Å²) in [6.45, 7) is 3.50. The summed E-state index contributed by atoms with van der Waals surface area (Å²) in [5.41, 5.74) is 10.9. The first-order chi connectivity index (χ1) is 8.24. The van der Waals surface area contributed by atoms with Crippen molar-refractivity contribution in [2.45, 2.75) is 13.8 Å². The number of carbonyl (C=O) groups is 2. The number of nitrogens with two attached hydrogens (primary N) is 2. The average molecular weight is 351 g/mol. The van der Waals surface area contributed by atoms with Crippen LogP contribution in [0.4, 0.5) is 5.69 Å². The normalized spacial score (nSPS) is 10.5. The van der Waals surface area contributed by atoms with Crippen LogP contribution in [0.25, 0.3) is 0 Å². The molecule has 0 saturated heterocycles. The van der Waals surface area contributed by atoms with Crippen LogP contribution >= 0.6 is 28.3 Å². The van der Waals surface area contributed by atoms with Gasteiger partial charge in [-0.25, -0.2) is 0 Å². The summed E-state index contributed by atoms with van der Waals surface area (Å²) in [6.07, 6.45) is 0. The standard InChI is InChI=1S/C12H16BrN3O2.ClH/c1-12(2,11(15)18)6-16-10(17)8-4-3-7(13)5-9(8)14;/h3-5H,6,14H2,1-2H3,(H2,15,18)(H,16,17);1H. The molecule has 0 aliphatic heterocycles. The van der Waals surface area contributed by atoms with Gasteiger partial charge < -0.3 is 16.8 Å². The zero-order chi connectivity index (χ0) is 13.9. The Kier molecular flexibility index (Phi) is 6.32. The van der Waals surface area contributed by atoms with Crippen LogP contribution in [0.5, 0.6) is 0 Å². The Labute approximate surface area is 126 Å². The van der Waals surface area contributed by atoms with Gasteiger partial charge in [0.2, 0.25) is 5.91 Å². The van der Waals surface area contributed by atoms with E-state index in [9.17, 15) is 9.59 Å². The third kappa shape index (κ3) is 4.72. The summed E-state index contributed by atoms with van der Waals surface area (Å²) in [4.78, 5) is 23.0. The van der Waals surface area contributed by atoms with Gasteiger partial charge in [-0.1, -0.05) is 15.9 Å². The van der Waals surface area contributed by atoms with Crippen molar-refractivity contribution in [2.24, 2.45) is 11.1 Å². The third-order valence-corrected chi connectivity index (χ3v) is 3.11. The predicted molar refractivity (Wildman–Crippen MR) is 81.1 cm³/mol. The number of amides is 2. The molecule has 0 aliphatic rings. The van der Waals surface area contributed by atoms with E-state index in [1.165, 1.54) is 0 Å². The first-order valence-electron chi connectivity index (χ1n) is 5.37. The second-order valence-electron chi connectivity index (χ2n) is 4.66. The van der Waals surface area contributed by atoms with Crippen LogP contribution < -0.4 is 16.8 Å². The Morgan fingerprint density at radius 1 is 1.37 bits per heavy atom. The molecule has 19 heavy (non-hydrogen) atoms. The summed E-state index contributed by atoms with van der Waals surface area (Å²) in [7, 11) is 0. The van der Waals surface area contributed by atoms with E-state index in [4.69, 9.17) is 11.5 Å². The molecule has 5 nitrogen and oxygen atoms in total. The first kappa shape index (κ1) is 17.7. The van der Waals surface area contributed by atoms with Gasteiger partial charge in [-0.2, -0.15) is 0 Å². The summed E-state index contributed by atoms with van der Waals surface area (Å²) in [6, 6.07) is 4.99. The summed E-state index contributed by atoms with van der Waals surface area (Å²) in [5, 5.41) is 2.65. The average Bonchev–Trinajstić information content (AvgIpc) is 2.25. The molecule has 0 radical (unpaired) electrons. The summed E-state index contributed by atoms with van der Waals surface area (Å²) in [5.74, 6) is -0.791. The van der Waals surface area contributed by atoms with Crippen LogP contribution in [0, 0.1) is 5.41 Å². The van der Waals surface area contributed by atoms with E-state index in [2.05, 4.69) is 21.2 Å². The number of nitrogens with one attached hydrogen (secondary N) is 1. The van der Waals surface area contributed by atoms with Gasteiger partial charge in [0, 0.05) is 16.7 Å². The maximum atomic E-state index is 11.9. The van der Waals surface area contributed by atoms with Crippen LogP contribution in [0.15, 0.2) is 22.7 Å². The largest absolute Gasteiger partial charge is 0.398 e. The molecule has 0 heterocycles. The number of hydrogen-bond donors (Lipinski definition) is 3. The van der Waals surface area contributed by atoms with Crippen LogP contribution in [0.2, 0.25) is 0 Å². The minimum atomic E-state index is -0.792. The lowest BCUT2D eigenvalue weighted by atomic mass is 9.92. The first-order valence-corrected chi connectivity index (χ1v) is 6.16. The molecule has 106 valence electrons. The van der Waals surface area contributed by atoms with Crippen LogP contribution in [-0.2, 0) is 4.79 Å². The Hall–Kier alpha value is -1.27. The molecule has 0 aliphatic carbocycles. The van der Waals surface area contributed by atoms with Gasteiger partial charge in [0.25, 0.3) is 5.91 Å². The van der Waals surface area contributed by atoms with Gasteiger partial charge in [0.15, 0.2) is 0 Å². The molecule has 0 atom stereocenters. The van der Waals surface area contributed by atoms with Crippen molar-refractivity contribution in [3.63, 3.8) is 0 Å². The molecule has 1 aromatic rings. The Morgan fingerprint density at radius 2 is 1.95 bits per heavy atom. The lowest BCUT2D eigenvalue weighted by Gasteiger charge is -2.20. The van der Waals surface area contributed by atoms with Crippen LogP contribution in [0.3, 0.4) is 0 Å². The van der Waals surface area contributed by atoms with Gasteiger partial charge in [-0.3, -0.25) is 9.59 Å². The molecule has 0 aromatic heterocycles. The summed E-state index contributed by atoms with van der Waals surface area (Å²) >= 11 is 3.26. The number of halogens is 2. The highest BCUT2D eigenvalue weighted by Crippen LogP contribution is 2.19. The fraction of sp³-hybridized carbons (Fsp3) is 0.333. The number of primary amides is 1. The fourth-order valence-electron chi connectivity index (χ4n) is 1.22. The maximum Gasteiger partial charge on any atom is 0.253 e. The predicted octanol–water partition coefficient (Wildman–Crippen LogP) is 1.69. The number of benzene rings is 1. The van der Waals surface area contributed by atoms with Crippen LogP contribution in [-0.4, -0.2) is 18.4 Å². The highest BCUT2D eigenvalue weighted by molar-refractivity contribution is 9.10. The number of anilines is 1. The van der Waals surface area contributed by atoms with Gasteiger partial charge in [0.1, 0.15) is 0 Å². The lowest BCUT2D eigenvalue weighted by molar-refractivity contribution is -0.125. The highest BCUT2D eigenvalue weighted by Gasteiger charge is 2.25. The van der Waals surface area contributed by atoms with Crippen molar-refractivity contribution in [1.29, 1.82) is 0 Å². The molecular weight excluding hydrogens is 334 g/mol. The molecule has 0 unspecified atom stereocenters. The van der Waals surface area contributed by atoms with Gasteiger partial charge in [-0.05, 0) is 32.0 Å². The van der Waals surface area contributed by atoms with E-state index in [1.807, 2.05) is 0 Å². The molecule has 0 bridgehead atoms. The Morgan fingerprint density at radius 3 is 2.42 bits per heavy atom. The molecule has 0 spiro atoms. The smallest absolute Gasteiger partial charge is 0.253 e. The number of rotatable bonds is 4. The minimum absolute atomic E-state index is 0.